The number of carbonyl (C=O) groups is 1. The molecule has 0 atom stereocenters. The van der Waals surface area contributed by atoms with E-state index in [4.69, 9.17) is 12.2 Å². The van der Waals surface area contributed by atoms with Crippen molar-refractivity contribution in [3.8, 4) is 6.07 Å². The molecule has 6 nitrogen and oxygen atoms in total. The topological polar surface area (TPSA) is 69.3 Å². The fourth-order valence-electron chi connectivity index (χ4n) is 6.47. The summed E-state index contributed by atoms with van der Waals surface area (Å²) in [5, 5.41) is 9.85. The van der Waals surface area contributed by atoms with E-state index in [1.807, 2.05) is 19.1 Å². The monoisotopic (exact) mass is 632 g/mol. The zero-order valence-corrected chi connectivity index (χ0v) is 28.4. The maximum Gasteiger partial charge on any atom is 0.270 e. The van der Waals surface area contributed by atoms with Gasteiger partial charge in [0.05, 0.1) is 4.91 Å². The van der Waals surface area contributed by atoms with Gasteiger partial charge in [0.15, 0.2) is 0 Å². The third kappa shape index (κ3) is 8.63. The first kappa shape index (κ1) is 34.0. The quantitative estimate of drug-likeness (QED) is 0.112. The number of hydrogen-bond donors (Lipinski definition) is 0. The summed E-state index contributed by atoms with van der Waals surface area (Å²) in [5.74, 6) is 1.29. The molecule has 4 rings (SSSR count). The second-order valence-electron chi connectivity index (χ2n) is 12.3. The zero-order valence-electron chi connectivity index (χ0n) is 26.8. The number of thioether (sulfide) groups is 1. The Morgan fingerprint density at radius 3 is 2.20 bits per heavy atom. The molecule has 2 saturated heterocycles. The Bertz CT molecular complexity index is 1420. The molecule has 1 amide bonds. The molecular weight excluding hydrogens is 585 g/mol. The Balaban J connectivity index is 1.43. The van der Waals surface area contributed by atoms with E-state index in [1.165, 1.54) is 68.7 Å². The summed E-state index contributed by atoms with van der Waals surface area (Å²) >= 11 is 6.97. The summed E-state index contributed by atoms with van der Waals surface area (Å²) in [6, 6.07) is 12.7. The van der Waals surface area contributed by atoms with Crippen LogP contribution in [-0.4, -0.2) is 39.3 Å². The number of rotatable bonds is 15. The smallest absolute Gasteiger partial charge is 0.270 e. The van der Waals surface area contributed by atoms with Gasteiger partial charge in [-0.3, -0.25) is 19.1 Å². The first-order valence-electron chi connectivity index (χ1n) is 16.5. The van der Waals surface area contributed by atoms with Crippen LogP contribution < -0.4 is 10.5 Å². The molecule has 0 N–H and O–H groups in total. The van der Waals surface area contributed by atoms with Crippen LogP contribution >= 0.6 is 24.0 Å². The number of piperidine rings is 1. The second-order valence-corrected chi connectivity index (χ2v) is 14.0. The number of carbonyl (C=O) groups excluding carboxylic acids is 1. The van der Waals surface area contributed by atoms with Gasteiger partial charge in [-0.2, -0.15) is 5.26 Å². The SMILES string of the molecule is CCCCCCCCCCCCN1C(=O)/C(=C\c2c(C)c(C#N)c(=O)n(C)c2N2CCC(Cc3ccccc3)CC2)SC1=S. The summed E-state index contributed by atoms with van der Waals surface area (Å²) < 4.78 is 2.18. The summed E-state index contributed by atoms with van der Waals surface area (Å²) in [6.07, 6.45) is 17.4. The van der Waals surface area contributed by atoms with Gasteiger partial charge >= 0.3 is 0 Å². The third-order valence-electron chi connectivity index (χ3n) is 9.13. The highest BCUT2D eigenvalue weighted by Crippen LogP contribution is 2.37. The fraction of sp³-hybridized carbons (Fsp3) is 0.556. The fourth-order valence-corrected chi connectivity index (χ4v) is 7.76. The van der Waals surface area contributed by atoms with Crippen LogP contribution in [0, 0.1) is 24.2 Å². The first-order valence-corrected chi connectivity index (χ1v) is 17.8. The Morgan fingerprint density at radius 1 is 0.977 bits per heavy atom. The summed E-state index contributed by atoms with van der Waals surface area (Å²) in [5.41, 5.74) is 2.58. The molecule has 8 heteroatoms. The molecule has 3 heterocycles. The molecule has 236 valence electrons. The van der Waals surface area contributed by atoms with Crippen molar-refractivity contribution < 1.29 is 4.79 Å². The number of nitriles is 1. The average molecular weight is 633 g/mol. The number of benzene rings is 1. The van der Waals surface area contributed by atoms with E-state index >= 15 is 0 Å². The molecule has 2 aromatic rings. The van der Waals surface area contributed by atoms with Gasteiger partial charge in [0.2, 0.25) is 0 Å². The van der Waals surface area contributed by atoms with Crippen LogP contribution in [0.3, 0.4) is 0 Å². The van der Waals surface area contributed by atoms with Gasteiger partial charge in [-0.15, -0.1) is 0 Å². The summed E-state index contributed by atoms with van der Waals surface area (Å²) in [4.78, 5) is 31.3. The number of pyridine rings is 1. The van der Waals surface area contributed by atoms with Crippen molar-refractivity contribution in [3.05, 3.63) is 67.8 Å². The molecular formula is C36H48N4O2S2. The second kappa shape index (κ2) is 17.0. The van der Waals surface area contributed by atoms with Crippen LogP contribution in [-0.2, 0) is 18.3 Å². The Labute approximate surface area is 273 Å². The van der Waals surface area contributed by atoms with E-state index in [9.17, 15) is 14.9 Å². The molecule has 2 aliphatic heterocycles. The van der Waals surface area contributed by atoms with E-state index in [0.717, 1.165) is 56.6 Å². The number of anilines is 1. The highest BCUT2D eigenvalue weighted by atomic mass is 32.2. The number of nitrogens with zero attached hydrogens (tertiary/aromatic N) is 4. The van der Waals surface area contributed by atoms with Gasteiger partial charge in [-0.25, -0.2) is 0 Å². The molecule has 2 aliphatic rings. The molecule has 0 bridgehead atoms. The van der Waals surface area contributed by atoms with Crippen molar-refractivity contribution in [3.63, 3.8) is 0 Å². The predicted molar refractivity (Wildman–Crippen MR) is 188 cm³/mol. The van der Waals surface area contributed by atoms with Crippen LogP contribution in [0.4, 0.5) is 5.82 Å². The van der Waals surface area contributed by atoms with Crippen LogP contribution in [0.25, 0.3) is 6.08 Å². The van der Waals surface area contributed by atoms with Crippen LogP contribution in [0.1, 0.15) is 106 Å². The molecule has 1 aromatic heterocycles. The van der Waals surface area contributed by atoms with Crippen LogP contribution in [0.5, 0.6) is 0 Å². The third-order valence-corrected chi connectivity index (χ3v) is 10.5. The molecule has 0 unspecified atom stereocenters. The van der Waals surface area contributed by atoms with E-state index in [2.05, 4.69) is 42.2 Å². The largest absolute Gasteiger partial charge is 0.357 e. The minimum absolute atomic E-state index is 0.0739. The van der Waals surface area contributed by atoms with Crippen molar-refractivity contribution in [1.82, 2.24) is 9.47 Å². The lowest BCUT2D eigenvalue weighted by atomic mass is 9.90. The van der Waals surface area contributed by atoms with Gasteiger partial charge < -0.3 is 4.90 Å². The highest BCUT2D eigenvalue weighted by molar-refractivity contribution is 8.26. The number of hydrogen-bond acceptors (Lipinski definition) is 6. The standard InChI is InChI=1S/C36H48N4O2S2/c1-4-5-6-7-8-9-10-11-12-16-21-40-35(42)32(44-36(40)43)25-30-27(2)31(26-37)34(41)38(3)33(30)39-22-19-29(20-23-39)24-28-17-14-13-15-18-28/h13-15,17-18,25,29H,4-12,16,19-24H2,1-3H3/b32-25+. The highest BCUT2D eigenvalue weighted by Gasteiger charge is 2.33. The molecule has 0 aliphatic carbocycles. The van der Waals surface area contributed by atoms with Gasteiger partial charge in [0.25, 0.3) is 11.5 Å². The minimum Gasteiger partial charge on any atom is -0.357 e. The maximum absolute atomic E-state index is 13.5. The van der Waals surface area contributed by atoms with Crippen LogP contribution in [0.2, 0.25) is 0 Å². The minimum atomic E-state index is -0.294. The maximum atomic E-state index is 13.5. The lowest BCUT2D eigenvalue weighted by molar-refractivity contribution is -0.122. The Kier molecular flexibility index (Phi) is 13.1. The number of amides is 1. The van der Waals surface area contributed by atoms with E-state index in [0.29, 0.717) is 27.3 Å². The summed E-state index contributed by atoms with van der Waals surface area (Å²) in [7, 11) is 1.74. The molecule has 0 spiro atoms. The van der Waals surface area contributed by atoms with E-state index in [-0.39, 0.29) is 17.0 Å². The van der Waals surface area contributed by atoms with Gasteiger partial charge in [0.1, 0.15) is 21.8 Å². The van der Waals surface area contributed by atoms with Crippen molar-refractivity contribution >= 4 is 46.1 Å². The van der Waals surface area contributed by atoms with Crippen LogP contribution in [0.15, 0.2) is 40.0 Å². The van der Waals surface area contributed by atoms with Gasteiger partial charge in [-0.05, 0) is 55.7 Å². The van der Waals surface area contributed by atoms with Crippen molar-refractivity contribution in [1.29, 1.82) is 5.26 Å². The number of aromatic nitrogens is 1. The molecule has 1 aromatic carbocycles. The molecule has 0 radical (unpaired) electrons. The van der Waals surface area contributed by atoms with Gasteiger partial charge in [-0.1, -0.05) is 119 Å². The lowest BCUT2D eigenvalue weighted by Crippen LogP contribution is -2.39. The van der Waals surface area contributed by atoms with Crippen molar-refractivity contribution in [2.24, 2.45) is 13.0 Å². The van der Waals surface area contributed by atoms with E-state index < -0.39 is 0 Å². The molecule has 0 saturated carbocycles. The first-order chi connectivity index (χ1) is 21.3. The van der Waals surface area contributed by atoms with Gasteiger partial charge in [0, 0.05) is 32.2 Å². The lowest BCUT2D eigenvalue weighted by Gasteiger charge is -2.36. The Morgan fingerprint density at radius 2 is 1.59 bits per heavy atom. The van der Waals surface area contributed by atoms with Crippen molar-refractivity contribution in [2.75, 3.05) is 24.5 Å². The predicted octanol–water partition coefficient (Wildman–Crippen LogP) is 8.15. The molecule has 2 fully saturated rings. The normalized spacial score (nSPS) is 16.7. The zero-order chi connectivity index (χ0) is 31.5. The summed E-state index contributed by atoms with van der Waals surface area (Å²) in [6.45, 7) is 6.34. The van der Waals surface area contributed by atoms with E-state index in [1.54, 1.807) is 16.5 Å². The number of thiocarbonyl (C=S) groups is 1. The molecule has 44 heavy (non-hydrogen) atoms. The van der Waals surface area contributed by atoms with Crippen molar-refractivity contribution in [2.45, 2.75) is 97.3 Å². The number of unbranched alkanes of at least 4 members (excludes halogenated alkanes) is 9. The Hall–Kier alpha value is -2.89. The average Bonchev–Trinajstić information content (AvgIpc) is 3.29.